The summed E-state index contributed by atoms with van der Waals surface area (Å²) in [5.41, 5.74) is -0.0517. The Bertz CT molecular complexity index is 275. The molecule has 0 amide bonds. The molecule has 1 atom stereocenters. The Morgan fingerprint density at radius 1 is 1.11 bits per heavy atom. The van der Waals surface area contributed by atoms with E-state index in [2.05, 4.69) is 18.7 Å². The predicted octanol–water partition coefficient (Wildman–Crippen LogP) is 3.79. The third-order valence-electron chi connectivity index (χ3n) is 5.14. The maximum atomic E-state index is 12.8. The number of hydrogen-bond donors (Lipinski definition) is 0. The van der Waals surface area contributed by atoms with Crippen LogP contribution in [-0.4, -0.2) is 29.3 Å². The maximum Gasteiger partial charge on any atom is 0.153 e. The van der Waals surface area contributed by atoms with Gasteiger partial charge < -0.3 is 0 Å². The van der Waals surface area contributed by atoms with Crippen molar-refractivity contribution in [2.45, 2.75) is 77.2 Å². The number of nitrogens with zero attached hydrogens (tertiary/aromatic N) is 1. The van der Waals surface area contributed by atoms with Crippen LogP contribution in [0, 0.1) is 5.92 Å². The Morgan fingerprint density at radius 2 is 1.72 bits per heavy atom. The Labute approximate surface area is 112 Å². The maximum absolute atomic E-state index is 12.8. The van der Waals surface area contributed by atoms with Crippen molar-refractivity contribution in [2.75, 3.05) is 13.1 Å². The molecule has 1 heterocycles. The monoisotopic (exact) mass is 251 g/mol. The molecule has 1 unspecified atom stereocenters. The van der Waals surface area contributed by atoms with Crippen LogP contribution in [0.25, 0.3) is 0 Å². The molecular weight excluding hydrogens is 222 g/mol. The van der Waals surface area contributed by atoms with Crippen molar-refractivity contribution in [1.29, 1.82) is 0 Å². The minimum atomic E-state index is -0.0517. The van der Waals surface area contributed by atoms with Gasteiger partial charge in [0.2, 0.25) is 0 Å². The fourth-order valence-electron chi connectivity index (χ4n) is 3.70. The third kappa shape index (κ3) is 2.79. The zero-order valence-corrected chi connectivity index (χ0v) is 12.2. The van der Waals surface area contributed by atoms with Gasteiger partial charge in [-0.05, 0) is 44.7 Å². The fourth-order valence-corrected chi connectivity index (χ4v) is 3.70. The number of likely N-dealkylation sites (tertiary alicyclic amines) is 1. The van der Waals surface area contributed by atoms with Crippen LogP contribution in [0.15, 0.2) is 0 Å². The first-order valence-electron chi connectivity index (χ1n) is 7.97. The molecule has 0 radical (unpaired) electrons. The topological polar surface area (TPSA) is 20.3 Å². The van der Waals surface area contributed by atoms with Crippen molar-refractivity contribution in [3.63, 3.8) is 0 Å². The van der Waals surface area contributed by atoms with Crippen LogP contribution >= 0.6 is 0 Å². The highest BCUT2D eigenvalue weighted by atomic mass is 16.1. The van der Waals surface area contributed by atoms with Crippen molar-refractivity contribution in [3.8, 4) is 0 Å². The van der Waals surface area contributed by atoms with E-state index in [4.69, 9.17) is 0 Å². The lowest BCUT2D eigenvalue weighted by Crippen LogP contribution is -2.54. The van der Waals surface area contributed by atoms with E-state index in [0.29, 0.717) is 11.7 Å². The summed E-state index contributed by atoms with van der Waals surface area (Å²) in [6, 6.07) is 0. The minimum Gasteiger partial charge on any atom is -0.298 e. The van der Waals surface area contributed by atoms with E-state index in [1.165, 1.54) is 32.1 Å². The largest absolute Gasteiger partial charge is 0.298 e. The summed E-state index contributed by atoms with van der Waals surface area (Å²) in [6.07, 6.45) is 10.6. The first kappa shape index (κ1) is 14.0. The van der Waals surface area contributed by atoms with Crippen molar-refractivity contribution in [2.24, 2.45) is 5.92 Å². The number of carbonyl (C=O) groups excluding carboxylic acids is 1. The first-order chi connectivity index (χ1) is 8.69. The van der Waals surface area contributed by atoms with Crippen LogP contribution in [0.1, 0.15) is 71.6 Å². The van der Waals surface area contributed by atoms with Gasteiger partial charge >= 0.3 is 0 Å². The molecule has 1 aliphatic heterocycles. The van der Waals surface area contributed by atoms with E-state index < -0.39 is 0 Å². The van der Waals surface area contributed by atoms with E-state index >= 15 is 0 Å². The number of Topliss-reactive ketones (excluding diaryl/α,β-unsaturated/α-hetero) is 1. The molecule has 0 bridgehead atoms. The minimum absolute atomic E-state index is 0.0517. The van der Waals surface area contributed by atoms with Gasteiger partial charge in [0.1, 0.15) is 0 Å². The molecule has 0 aromatic carbocycles. The smallest absolute Gasteiger partial charge is 0.153 e. The highest BCUT2D eigenvalue weighted by Gasteiger charge is 2.45. The van der Waals surface area contributed by atoms with Crippen LogP contribution in [0.5, 0.6) is 0 Å². The first-order valence-corrected chi connectivity index (χ1v) is 7.97. The Morgan fingerprint density at radius 3 is 2.28 bits per heavy atom. The second-order valence-corrected chi connectivity index (χ2v) is 6.43. The van der Waals surface area contributed by atoms with Gasteiger partial charge in [-0.1, -0.05) is 39.5 Å². The average Bonchev–Trinajstić information content (AvgIpc) is 2.90. The molecule has 0 aromatic rings. The number of hydrogen-bond acceptors (Lipinski definition) is 2. The predicted molar refractivity (Wildman–Crippen MR) is 75.7 cm³/mol. The van der Waals surface area contributed by atoms with E-state index in [9.17, 15) is 4.79 Å². The highest BCUT2D eigenvalue weighted by molar-refractivity contribution is 5.89. The molecule has 104 valence electrons. The second kappa shape index (κ2) is 6.18. The summed E-state index contributed by atoms with van der Waals surface area (Å²) in [4.78, 5) is 15.3. The molecule has 18 heavy (non-hydrogen) atoms. The summed E-state index contributed by atoms with van der Waals surface area (Å²) in [5.74, 6) is 1.11. The molecule has 2 rings (SSSR count). The molecule has 1 saturated heterocycles. The van der Waals surface area contributed by atoms with Crippen LogP contribution in [0.2, 0.25) is 0 Å². The summed E-state index contributed by atoms with van der Waals surface area (Å²) in [7, 11) is 0. The molecule has 0 aromatic heterocycles. The van der Waals surface area contributed by atoms with Gasteiger partial charge in [0.15, 0.2) is 5.78 Å². The van der Waals surface area contributed by atoms with Gasteiger partial charge in [-0.3, -0.25) is 9.69 Å². The lowest BCUT2D eigenvalue weighted by molar-refractivity contribution is -0.132. The van der Waals surface area contributed by atoms with Crippen LogP contribution < -0.4 is 0 Å². The summed E-state index contributed by atoms with van der Waals surface area (Å²) in [5, 5.41) is 0. The number of carbonyl (C=O) groups is 1. The molecule has 2 aliphatic rings. The normalized spacial score (nSPS) is 26.1. The van der Waals surface area contributed by atoms with Gasteiger partial charge in [-0.2, -0.15) is 0 Å². The van der Waals surface area contributed by atoms with Gasteiger partial charge in [0, 0.05) is 6.42 Å². The Hall–Kier alpha value is -0.370. The van der Waals surface area contributed by atoms with E-state index in [1.54, 1.807) is 0 Å². The van der Waals surface area contributed by atoms with Crippen LogP contribution in [0.3, 0.4) is 0 Å². The SMILES string of the molecule is CCC(C)CC(=O)C1(N2CCCCC2)CCCC1. The van der Waals surface area contributed by atoms with Crippen LogP contribution in [0.4, 0.5) is 0 Å². The van der Waals surface area contributed by atoms with Crippen molar-refractivity contribution >= 4 is 5.78 Å². The lowest BCUT2D eigenvalue weighted by atomic mass is 9.83. The summed E-state index contributed by atoms with van der Waals surface area (Å²) >= 11 is 0. The summed E-state index contributed by atoms with van der Waals surface area (Å²) in [6.45, 7) is 6.73. The molecule has 2 fully saturated rings. The third-order valence-corrected chi connectivity index (χ3v) is 5.14. The Kier molecular flexibility index (Phi) is 4.83. The molecule has 1 saturated carbocycles. The molecule has 0 spiro atoms. The number of ketones is 1. The highest BCUT2D eigenvalue weighted by Crippen LogP contribution is 2.39. The number of piperidine rings is 1. The van der Waals surface area contributed by atoms with E-state index in [1.807, 2.05) is 0 Å². The van der Waals surface area contributed by atoms with Gasteiger partial charge in [-0.25, -0.2) is 0 Å². The quantitative estimate of drug-likeness (QED) is 0.741. The molecule has 2 heteroatoms. The lowest BCUT2D eigenvalue weighted by Gasteiger charge is -2.42. The van der Waals surface area contributed by atoms with Gasteiger partial charge in [0.05, 0.1) is 5.54 Å². The second-order valence-electron chi connectivity index (χ2n) is 6.43. The van der Waals surface area contributed by atoms with Crippen molar-refractivity contribution in [1.82, 2.24) is 4.90 Å². The molecule has 0 N–H and O–H groups in total. The zero-order valence-electron chi connectivity index (χ0n) is 12.2. The molecule has 1 aliphatic carbocycles. The number of rotatable bonds is 5. The van der Waals surface area contributed by atoms with Crippen LogP contribution in [-0.2, 0) is 4.79 Å². The fraction of sp³-hybridized carbons (Fsp3) is 0.938. The van der Waals surface area contributed by atoms with Crippen molar-refractivity contribution < 1.29 is 4.79 Å². The summed E-state index contributed by atoms with van der Waals surface area (Å²) < 4.78 is 0. The Balaban J connectivity index is 2.07. The van der Waals surface area contributed by atoms with E-state index in [0.717, 1.165) is 38.8 Å². The van der Waals surface area contributed by atoms with Gasteiger partial charge in [0.25, 0.3) is 0 Å². The molecule has 2 nitrogen and oxygen atoms in total. The van der Waals surface area contributed by atoms with E-state index in [-0.39, 0.29) is 5.54 Å². The molecular formula is C16H29NO. The average molecular weight is 251 g/mol. The zero-order chi connectivity index (χ0) is 13.0. The van der Waals surface area contributed by atoms with Crippen molar-refractivity contribution in [3.05, 3.63) is 0 Å². The van der Waals surface area contributed by atoms with Gasteiger partial charge in [-0.15, -0.1) is 0 Å². The standard InChI is InChI=1S/C16H29NO/c1-3-14(2)13-15(18)16(9-5-6-10-16)17-11-7-4-8-12-17/h14H,3-13H2,1-2H3.